The number of hydrogen-bond donors (Lipinski definition) is 2. The summed E-state index contributed by atoms with van der Waals surface area (Å²) in [6.45, 7) is 10.3. The molecule has 1 unspecified atom stereocenters. The number of amides is 1. The molecular formula is C33H42N8O. The molecule has 6 rings (SSSR count). The van der Waals surface area contributed by atoms with Gasteiger partial charge in [-0.25, -0.2) is 4.98 Å². The molecular weight excluding hydrogens is 524 g/mol. The molecule has 9 nitrogen and oxygen atoms in total. The van der Waals surface area contributed by atoms with Crippen molar-refractivity contribution in [2.75, 3.05) is 43.4 Å². The topological polar surface area (TPSA) is 90.7 Å². The van der Waals surface area contributed by atoms with E-state index in [0.717, 1.165) is 38.2 Å². The zero-order valence-electron chi connectivity index (χ0n) is 25.2. The maximum Gasteiger partial charge on any atom is 0.251 e. The van der Waals surface area contributed by atoms with Crippen LogP contribution in [-0.2, 0) is 5.41 Å². The molecule has 1 atom stereocenters. The van der Waals surface area contributed by atoms with Crippen molar-refractivity contribution in [2.45, 2.75) is 63.8 Å². The summed E-state index contributed by atoms with van der Waals surface area (Å²) in [5, 5.41) is 6.74. The van der Waals surface area contributed by atoms with Crippen molar-refractivity contribution in [2.24, 2.45) is 0 Å². The molecule has 2 saturated heterocycles. The molecule has 2 N–H and O–H groups in total. The smallest absolute Gasteiger partial charge is 0.251 e. The Labute approximate surface area is 248 Å². The van der Waals surface area contributed by atoms with Crippen molar-refractivity contribution in [3.05, 3.63) is 77.6 Å². The van der Waals surface area contributed by atoms with Crippen molar-refractivity contribution in [1.82, 2.24) is 29.6 Å². The Kier molecular flexibility index (Phi) is 7.86. The van der Waals surface area contributed by atoms with Crippen LogP contribution in [-0.4, -0.2) is 69.4 Å². The van der Waals surface area contributed by atoms with Gasteiger partial charge in [0.15, 0.2) is 0 Å². The van der Waals surface area contributed by atoms with Crippen molar-refractivity contribution in [3.63, 3.8) is 0 Å². The Morgan fingerprint density at radius 1 is 0.929 bits per heavy atom. The molecule has 2 aromatic carbocycles. The van der Waals surface area contributed by atoms with Crippen LogP contribution in [0.2, 0.25) is 0 Å². The molecule has 9 heteroatoms. The number of aromatic nitrogens is 4. The van der Waals surface area contributed by atoms with E-state index in [0.29, 0.717) is 35.7 Å². The summed E-state index contributed by atoms with van der Waals surface area (Å²) in [5.41, 5.74) is 4.33. The van der Waals surface area contributed by atoms with Gasteiger partial charge in [0.25, 0.3) is 5.91 Å². The third kappa shape index (κ3) is 6.26. The number of benzene rings is 2. The van der Waals surface area contributed by atoms with Crippen molar-refractivity contribution in [3.8, 4) is 0 Å². The molecule has 0 saturated carbocycles. The third-order valence-electron chi connectivity index (χ3n) is 8.66. The molecule has 0 radical (unpaired) electrons. The summed E-state index contributed by atoms with van der Waals surface area (Å²) in [6.07, 6.45) is 7.88. The van der Waals surface area contributed by atoms with Gasteiger partial charge in [-0.3, -0.25) is 9.20 Å². The molecule has 2 aliphatic rings. The van der Waals surface area contributed by atoms with E-state index < -0.39 is 0 Å². The monoisotopic (exact) mass is 566 g/mol. The minimum Gasteiger partial charge on any atom is -0.348 e. The van der Waals surface area contributed by atoms with E-state index >= 15 is 0 Å². The first kappa shape index (κ1) is 28.2. The second-order valence-electron chi connectivity index (χ2n) is 12.9. The van der Waals surface area contributed by atoms with E-state index in [-0.39, 0.29) is 17.4 Å². The summed E-state index contributed by atoms with van der Waals surface area (Å²) in [4.78, 5) is 31.8. The van der Waals surface area contributed by atoms with E-state index in [1.807, 2.05) is 34.9 Å². The van der Waals surface area contributed by atoms with Crippen LogP contribution in [0.25, 0.3) is 5.78 Å². The first-order chi connectivity index (χ1) is 20.2. The number of piperidine rings is 2. The summed E-state index contributed by atoms with van der Waals surface area (Å²) in [6, 6.07) is 16.7. The molecule has 0 bridgehead atoms. The minimum absolute atomic E-state index is 0.0108. The zero-order chi connectivity index (χ0) is 29.3. The van der Waals surface area contributed by atoms with Gasteiger partial charge in [0.2, 0.25) is 17.7 Å². The maximum absolute atomic E-state index is 13.1. The number of likely N-dealkylation sites (tertiary alicyclic amines) is 1. The summed E-state index contributed by atoms with van der Waals surface area (Å²) in [5.74, 6) is 2.46. The van der Waals surface area contributed by atoms with Gasteiger partial charge in [0.1, 0.15) is 0 Å². The van der Waals surface area contributed by atoms with Gasteiger partial charge >= 0.3 is 0 Å². The minimum atomic E-state index is -0.0435. The largest absolute Gasteiger partial charge is 0.348 e. The lowest BCUT2D eigenvalue weighted by Gasteiger charge is -2.33. The van der Waals surface area contributed by atoms with Gasteiger partial charge in [-0.1, -0.05) is 45.0 Å². The van der Waals surface area contributed by atoms with Gasteiger partial charge in [0.05, 0.1) is 0 Å². The average molecular weight is 567 g/mol. The van der Waals surface area contributed by atoms with Gasteiger partial charge in [-0.2, -0.15) is 9.97 Å². The highest BCUT2D eigenvalue weighted by molar-refractivity contribution is 5.94. The van der Waals surface area contributed by atoms with E-state index in [4.69, 9.17) is 9.97 Å². The quantitative estimate of drug-likeness (QED) is 0.324. The van der Waals surface area contributed by atoms with Crippen LogP contribution in [0, 0.1) is 0 Å². The third-order valence-corrected chi connectivity index (χ3v) is 8.66. The SMILES string of the molecule is CN1CCC(c2ccc(Nc3nc(N4CCCC(NC(=O)c5ccc(C(C)(C)C)cc5)C4)nc4nccn34)cc2)CC1. The first-order valence-corrected chi connectivity index (χ1v) is 15.2. The van der Waals surface area contributed by atoms with Crippen molar-refractivity contribution < 1.29 is 4.79 Å². The molecule has 220 valence electrons. The van der Waals surface area contributed by atoms with Crippen LogP contribution in [0.4, 0.5) is 17.6 Å². The predicted octanol–water partition coefficient (Wildman–Crippen LogP) is 5.37. The van der Waals surface area contributed by atoms with Crippen LogP contribution in [0.5, 0.6) is 0 Å². The van der Waals surface area contributed by atoms with E-state index in [9.17, 15) is 4.79 Å². The van der Waals surface area contributed by atoms with Crippen LogP contribution in [0.15, 0.2) is 60.9 Å². The Morgan fingerprint density at radius 3 is 2.38 bits per heavy atom. The Bertz CT molecular complexity index is 1510. The van der Waals surface area contributed by atoms with Crippen molar-refractivity contribution >= 4 is 29.3 Å². The fourth-order valence-electron chi connectivity index (χ4n) is 6.01. The lowest BCUT2D eigenvalue weighted by molar-refractivity contribution is 0.0933. The zero-order valence-corrected chi connectivity index (χ0v) is 25.2. The number of rotatable bonds is 6. The van der Waals surface area contributed by atoms with Gasteiger partial charge < -0.3 is 20.4 Å². The highest BCUT2D eigenvalue weighted by atomic mass is 16.1. The van der Waals surface area contributed by atoms with Gasteiger partial charge in [-0.05, 0) is 92.5 Å². The van der Waals surface area contributed by atoms with E-state index in [1.54, 1.807) is 6.20 Å². The van der Waals surface area contributed by atoms with Gasteiger partial charge in [-0.15, -0.1) is 0 Å². The highest BCUT2D eigenvalue weighted by Gasteiger charge is 2.25. The number of anilines is 3. The van der Waals surface area contributed by atoms with Crippen LogP contribution in [0.1, 0.15) is 73.9 Å². The highest BCUT2D eigenvalue weighted by Crippen LogP contribution is 2.29. The number of nitrogens with zero attached hydrogens (tertiary/aromatic N) is 6. The number of carbonyl (C=O) groups excluding carboxylic acids is 1. The normalized spacial score (nSPS) is 18.8. The second-order valence-corrected chi connectivity index (χ2v) is 12.9. The molecule has 4 heterocycles. The number of fused-ring (bicyclic) bond motifs is 1. The summed E-state index contributed by atoms with van der Waals surface area (Å²) < 4.78 is 1.87. The van der Waals surface area contributed by atoms with Crippen molar-refractivity contribution in [1.29, 1.82) is 0 Å². The summed E-state index contributed by atoms with van der Waals surface area (Å²) in [7, 11) is 2.20. The second kappa shape index (κ2) is 11.7. The van der Waals surface area contributed by atoms with Crippen LogP contribution >= 0.6 is 0 Å². The molecule has 2 aromatic heterocycles. The molecule has 42 heavy (non-hydrogen) atoms. The molecule has 0 spiro atoms. The predicted molar refractivity (Wildman–Crippen MR) is 168 cm³/mol. The van der Waals surface area contributed by atoms with Crippen LogP contribution in [0.3, 0.4) is 0 Å². The fraction of sp³-hybridized carbons (Fsp3) is 0.455. The summed E-state index contributed by atoms with van der Waals surface area (Å²) >= 11 is 0. The molecule has 2 aliphatic heterocycles. The maximum atomic E-state index is 13.1. The number of carbonyl (C=O) groups is 1. The van der Waals surface area contributed by atoms with E-state index in [1.165, 1.54) is 24.0 Å². The fourth-order valence-corrected chi connectivity index (χ4v) is 6.01. The molecule has 2 fully saturated rings. The van der Waals surface area contributed by atoms with E-state index in [2.05, 4.69) is 77.5 Å². The molecule has 1 amide bonds. The average Bonchev–Trinajstić information content (AvgIpc) is 3.47. The van der Waals surface area contributed by atoms with Gasteiger partial charge in [0, 0.05) is 42.8 Å². The standard InChI is InChI=1S/C33H42N8O/c1-33(2,3)26-11-7-25(8-12-26)29(42)35-28-6-5-18-40(22-28)31-37-30-34-17-21-41(30)32(38-31)36-27-13-9-23(10-14-27)24-15-19-39(4)20-16-24/h7-14,17,21,24,28H,5-6,15-16,18-20,22H2,1-4H3,(H,35,42)(H,34,36,37,38). The Balaban J connectivity index is 1.14. The number of nitrogens with one attached hydrogen (secondary N) is 2. The molecule has 4 aromatic rings. The Morgan fingerprint density at radius 2 is 1.67 bits per heavy atom. The Hall–Kier alpha value is -3.98. The number of hydrogen-bond acceptors (Lipinski definition) is 7. The van der Waals surface area contributed by atoms with Crippen LogP contribution < -0.4 is 15.5 Å². The lowest BCUT2D eigenvalue weighted by atomic mass is 9.86. The first-order valence-electron chi connectivity index (χ1n) is 15.2. The lowest BCUT2D eigenvalue weighted by Crippen LogP contribution is -2.48. The molecule has 0 aliphatic carbocycles. The number of imidazole rings is 1.